The Kier molecular flexibility index (Phi) is 4.29. The van der Waals surface area contributed by atoms with E-state index in [1.165, 1.54) is 17.7 Å². The van der Waals surface area contributed by atoms with Gasteiger partial charge in [-0.15, -0.1) is 0 Å². The number of aldehydes is 1. The molecule has 19 heavy (non-hydrogen) atoms. The lowest BCUT2D eigenvalue weighted by Crippen LogP contribution is -1.94. The number of benzene rings is 2. The Labute approximate surface area is 111 Å². The van der Waals surface area contributed by atoms with Crippen LogP contribution in [0, 0.1) is 5.82 Å². The fraction of sp³-hybridized carbons (Fsp3) is 0.188. The van der Waals surface area contributed by atoms with Crippen molar-refractivity contribution in [2.75, 3.05) is 0 Å². The van der Waals surface area contributed by atoms with E-state index in [0.717, 1.165) is 12.8 Å². The van der Waals surface area contributed by atoms with Crippen LogP contribution in [-0.4, -0.2) is 6.29 Å². The summed E-state index contributed by atoms with van der Waals surface area (Å²) in [5.41, 5.74) is 1.17. The van der Waals surface area contributed by atoms with E-state index in [2.05, 4.69) is 6.92 Å². The van der Waals surface area contributed by atoms with E-state index in [0.29, 0.717) is 12.0 Å². The second-order valence-electron chi connectivity index (χ2n) is 4.27. The summed E-state index contributed by atoms with van der Waals surface area (Å²) in [5, 5.41) is 0. The maximum atomic E-state index is 13.4. The van der Waals surface area contributed by atoms with Crippen LogP contribution in [0.5, 0.6) is 11.5 Å². The molecule has 0 atom stereocenters. The van der Waals surface area contributed by atoms with Gasteiger partial charge in [-0.2, -0.15) is 0 Å². The molecule has 2 aromatic rings. The fourth-order valence-corrected chi connectivity index (χ4v) is 1.86. The molecule has 2 nitrogen and oxygen atoms in total. The van der Waals surface area contributed by atoms with Gasteiger partial charge in [0.1, 0.15) is 17.3 Å². The van der Waals surface area contributed by atoms with E-state index in [4.69, 9.17) is 4.74 Å². The van der Waals surface area contributed by atoms with Gasteiger partial charge < -0.3 is 4.74 Å². The molecule has 0 radical (unpaired) electrons. The Balaban J connectivity index is 2.21. The van der Waals surface area contributed by atoms with Crippen LogP contribution in [0.1, 0.15) is 29.3 Å². The van der Waals surface area contributed by atoms with Gasteiger partial charge in [0, 0.05) is 0 Å². The summed E-state index contributed by atoms with van der Waals surface area (Å²) >= 11 is 0. The van der Waals surface area contributed by atoms with Crippen molar-refractivity contribution in [1.82, 2.24) is 0 Å². The predicted octanol–water partition coefficient (Wildman–Crippen LogP) is 4.38. The quantitative estimate of drug-likeness (QED) is 0.744. The van der Waals surface area contributed by atoms with Crippen LogP contribution in [0.2, 0.25) is 0 Å². The van der Waals surface area contributed by atoms with E-state index in [1.54, 1.807) is 6.07 Å². The van der Waals surface area contributed by atoms with Crippen molar-refractivity contribution in [3.63, 3.8) is 0 Å². The number of ether oxygens (including phenoxy) is 1. The molecule has 0 spiro atoms. The van der Waals surface area contributed by atoms with Gasteiger partial charge >= 0.3 is 0 Å². The summed E-state index contributed by atoms with van der Waals surface area (Å²) in [6.07, 6.45) is 2.56. The number of rotatable bonds is 5. The van der Waals surface area contributed by atoms with E-state index in [1.807, 2.05) is 24.3 Å². The molecule has 0 aliphatic heterocycles. The minimum atomic E-state index is -0.574. The highest BCUT2D eigenvalue weighted by atomic mass is 19.1. The van der Waals surface area contributed by atoms with Crippen LogP contribution in [0.15, 0.2) is 42.5 Å². The second-order valence-corrected chi connectivity index (χ2v) is 4.27. The number of carbonyl (C=O) groups excluding carboxylic acids is 1. The third-order valence-electron chi connectivity index (χ3n) is 2.82. The molecular weight excluding hydrogens is 243 g/mol. The molecule has 0 unspecified atom stereocenters. The van der Waals surface area contributed by atoms with Crippen molar-refractivity contribution in [2.45, 2.75) is 19.8 Å². The minimum absolute atomic E-state index is 0.0554. The fourth-order valence-electron chi connectivity index (χ4n) is 1.86. The van der Waals surface area contributed by atoms with E-state index in [9.17, 15) is 9.18 Å². The van der Waals surface area contributed by atoms with Crippen LogP contribution in [0.3, 0.4) is 0 Å². The summed E-state index contributed by atoms with van der Waals surface area (Å²) in [6, 6.07) is 11.9. The van der Waals surface area contributed by atoms with Gasteiger partial charge in [-0.25, -0.2) is 4.39 Å². The molecule has 0 amide bonds. The topological polar surface area (TPSA) is 26.3 Å². The smallest absolute Gasteiger partial charge is 0.156 e. The molecule has 0 N–H and O–H groups in total. The highest BCUT2D eigenvalue weighted by Gasteiger charge is 2.09. The molecule has 0 aromatic heterocycles. The van der Waals surface area contributed by atoms with Crippen molar-refractivity contribution < 1.29 is 13.9 Å². The van der Waals surface area contributed by atoms with Gasteiger partial charge in [-0.1, -0.05) is 31.5 Å². The molecule has 3 heteroatoms. The Hall–Kier alpha value is -2.16. The average molecular weight is 258 g/mol. The van der Waals surface area contributed by atoms with E-state index >= 15 is 0 Å². The maximum Gasteiger partial charge on any atom is 0.156 e. The van der Waals surface area contributed by atoms with Crippen LogP contribution in [0.4, 0.5) is 4.39 Å². The average Bonchev–Trinajstić information content (AvgIpc) is 2.42. The molecule has 0 aliphatic carbocycles. The van der Waals surface area contributed by atoms with Gasteiger partial charge in [-0.3, -0.25) is 4.79 Å². The van der Waals surface area contributed by atoms with Crippen LogP contribution < -0.4 is 4.74 Å². The highest BCUT2D eigenvalue weighted by molar-refractivity contribution is 5.79. The highest BCUT2D eigenvalue weighted by Crippen LogP contribution is 2.26. The van der Waals surface area contributed by atoms with Gasteiger partial charge in [-0.05, 0) is 36.2 Å². The molecule has 98 valence electrons. The molecule has 0 saturated heterocycles. The first-order valence-electron chi connectivity index (χ1n) is 6.25. The summed E-state index contributed by atoms with van der Waals surface area (Å²) in [7, 11) is 0. The van der Waals surface area contributed by atoms with E-state index in [-0.39, 0.29) is 11.3 Å². The number of hydrogen-bond acceptors (Lipinski definition) is 2. The first-order valence-corrected chi connectivity index (χ1v) is 6.25. The molecule has 0 bridgehead atoms. The zero-order chi connectivity index (χ0) is 13.7. The van der Waals surface area contributed by atoms with Gasteiger partial charge in [0.05, 0.1) is 5.56 Å². The van der Waals surface area contributed by atoms with Gasteiger partial charge in [0.2, 0.25) is 0 Å². The summed E-state index contributed by atoms with van der Waals surface area (Å²) in [5.74, 6) is 0.252. The first-order chi connectivity index (χ1) is 9.24. The molecule has 0 saturated carbocycles. The van der Waals surface area contributed by atoms with E-state index < -0.39 is 5.82 Å². The molecule has 2 rings (SSSR count). The van der Waals surface area contributed by atoms with Crippen LogP contribution in [0.25, 0.3) is 0 Å². The summed E-state index contributed by atoms with van der Waals surface area (Å²) < 4.78 is 18.9. The molecule has 2 aromatic carbocycles. The standard InChI is InChI=1S/C16H15FO2/c1-2-4-12-7-9-13(10-8-12)19-16-6-3-5-15(17)14(16)11-18/h3,5-11H,2,4H2,1H3. The van der Waals surface area contributed by atoms with Crippen molar-refractivity contribution in [3.05, 3.63) is 59.4 Å². The molecule has 0 heterocycles. The lowest BCUT2D eigenvalue weighted by atomic mass is 10.1. The zero-order valence-electron chi connectivity index (χ0n) is 10.7. The van der Waals surface area contributed by atoms with Crippen molar-refractivity contribution in [1.29, 1.82) is 0 Å². The number of halogens is 1. The minimum Gasteiger partial charge on any atom is -0.457 e. The van der Waals surface area contributed by atoms with Crippen molar-refractivity contribution in [3.8, 4) is 11.5 Å². The predicted molar refractivity (Wildman–Crippen MR) is 72.3 cm³/mol. The molecule has 0 fully saturated rings. The molecular formula is C16H15FO2. The zero-order valence-corrected chi connectivity index (χ0v) is 10.7. The SMILES string of the molecule is CCCc1ccc(Oc2cccc(F)c2C=O)cc1. The van der Waals surface area contributed by atoms with Crippen molar-refractivity contribution in [2.24, 2.45) is 0 Å². The number of aryl methyl sites for hydroxylation is 1. The lowest BCUT2D eigenvalue weighted by Gasteiger charge is -2.09. The van der Waals surface area contributed by atoms with Gasteiger partial charge in [0.15, 0.2) is 6.29 Å². The Bertz CT molecular complexity index is 561. The summed E-state index contributed by atoms with van der Waals surface area (Å²) in [6.45, 7) is 2.12. The third-order valence-corrected chi connectivity index (χ3v) is 2.82. The Morgan fingerprint density at radius 1 is 1.16 bits per heavy atom. The Morgan fingerprint density at radius 2 is 1.89 bits per heavy atom. The summed E-state index contributed by atoms with van der Waals surface area (Å²) in [4.78, 5) is 10.9. The van der Waals surface area contributed by atoms with Crippen molar-refractivity contribution >= 4 is 6.29 Å². The first kappa shape index (κ1) is 13.3. The van der Waals surface area contributed by atoms with Crippen LogP contribution in [-0.2, 0) is 6.42 Å². The molecule has 0 aliphatic rings. The van der Waals surface area contributed by atoms with Crippen LogP contribution >= 0.6 is 0 Å². The monoisotopic (exact) mass is 258 g/mol. The van der Waals surface area contributed by atoms with Gasteiger partial charge in [0.25, 0.3) is 0 Å². The maximum absolute atomic E-state index is 13.4. The third kappa shape index (κ3) is 3.19. The largest absolute Gasteiger partial charge is 0.457 e. The Morgan fingerprint density at radius 3 is 2.53 bits per heavy atom. The normalized spacial score (nSPS) is 10.2. The lowest BCUT2D eigenvalue weighted by molar-refractivity contribution is 0.111. The second kappa shape index (κ2) is 6.14. The number of hydrogen-bond donors (Lipinski definition) is 0. The number of carbonyl (C=O) groups is 1.